The third kappa shape index (κ3) is 2.27. The number of hydrogen-bond donors (Lipinski definition) is 4. The van der Waals surface area contributed by atoms with Crippen LogP contribution in [0.15, 0.2) is 60.7 Å². The summed E-state index contributed by atoms with van der Waals surface area (Å²) in [6, 6.07) is 19.1. The van der Waals surface area contributed by atoms with E-state index in [1.54, 1.807) is 18.2 Å². The van der Waals surface area contributed by atoms with Crippen molar-refractivity contribution in [2.45, 2.75) is 0 Å². The fraction of sp³-hybridized carbons (Fsp3) is 0. The molecule has 0 aromatic heterocycles. The normalized spacial score (nSPS) is 12.8. The molecule has 0 aliphatic rings. The topological polar surface area (TPSA) is 149 Å². The highest BCUT2D eigenvalue weighted by atomic mass is 16.4. The molecule has 0 heterocycles. The second-order valence-corrected chi connectivity index (χ2v) is 11.6. The second kappa shape index (κ2) is 7.02. The summed E-state index contributed by atoms with van der Waals surface area (Å²) in [5.41, 5.74) is -2.63. The van der Waals surface area contributed by atoms with Crippen LogP contribution in [0, 0.1) is 0 Å². The maximum Gasteiger partial charge on any atom is 0.337 e. The smallest absolute Gasteiger partial charge is 0.337 e. The Hall–Kier alpha value is -6.28. The van der Waals surface area contributed by atoms with Crippen molar-refractivity contribution in [2.75, 3.05) is 0 Å². The summed E-state index contributed by atoms with van der Waals surface area (Å²) < 4.78 is 0. The Labute approximate surface area is 243 Å². The molecule has 0 bridgehead atoms. The van der Waals surface area contributed by atoms with Gasteiger partial charge in [0.15, 0.2) is 0 Å². The Morgan fingerprint density at radius 3 is 1.18 bits per heavy atom. The van der Waals surface area contributed by atoms with Crippen LogP contribution in [0.25, 0.3) is 97.0 Å². The molecule has 0 saturated heterocycles. The van der Waals surface area contributed by atoms with Crippen molar-refractivity contribution >= 4 is 121 Å². The molecule has 10 rings (SSSR count). The lowest BCUT2D eigenvalue weighted by Crippen LogP contribution is -2.17. The minimum absolute atomic E-state index is 0.154. The monoisotopic (exact) mass is 574 g/mol. The van der Waals surface area contributed by atoms with Gasteiger partial charge in [0.05, 0.1) is 22.3 Å². The van der Waals surface area contributed by atoms with Crippen molar-refractivity contribution < 1.29 is 39.6 Å². The van der Waals surface area contributed by atoms with Crippen molar-refractivity contribution in [3.05, 3.63) is 82.9 Å². The zero-order valence-corrected chi connectivity index (χ0v) is 22.2. The van der Waals surface area contributed by atoms with E-state index in [0.29, 0.717) is 21.5 Å². The van der Waals surface area contributed by atoms with E-state index in [2.05, 4.69) is 12.1 Å². The van der Waals surface area contributed by atoms with E-state index < -0.39 is 51.5 Å². The van der Waals surface area contributed by atoms with Gasteiger partial charge in [0, 0.05) is 10.8 Å². The standard InChI is InChI=1S/C36H14O8/c37-33(38)25-16-8-7-14-9-13-5-3-11-1-2-12-4-6-15-10-17-24-28-21(15)19(12)18(11)20(13)27(28)22(14)23(16)29(24)30(31(25)35(41)42)32(36(43)44)26(17)34(39)40/h1-10H,(H,37,38)(H,39,40)(H,41,42)(H,43,44). The van der Waals surface area contributed by atoms with Gasteiger partial charge >= 0.3 is 23.9 Å². The van der Waals surface area contributed by atoms with E-state index in [1.807, 2.05) is 30.3 Å². The molecule has 0 saturated carbocycles. The summed E-state index contributed by atoms with van der Waals surface area (Å²) >= 11 is 0. The summed E-state index contributed by atoms with van der Waals surface area (Å²) in [4.78, 5) is 51.7. The van der Waals surface area contributed by atoms with Crippen molar-refractivity contribution in [1.29, 1.82) is 0 Å². The molecule has 0 fully saturated rings. The molecule has 0 unspecified atom stereocenters. The van der Waals surface area contributed by atoms with Gasteiger partial charge in [-0.1, -0.05) is 48.5 Å². The SMILES string of the molecule is O=C(O)c1c(C(=O)O)c2c(C(=O)O)c(C(=O)O)c3cc4ccc5ccc6ccc7cc8ccc1c1c8c8c7c6c5c4c8c3c21. The Balaban J connectivity index is 1.76. The Morgan fingerprint density at radius 1 is 0.318 bits per heavy atom. The van der Waals surface area contributed by atoms with Crippen molar-refractivity contribution in [3.63, 3.8) is 0 Å². The quantitative estimate of drug-likeness (QED) is 0.122. The maximum atomic E-state index is 13.0. The molecule has 8 heteroatoms. The van der Waals surface area contributed by atoms with E-state index in [-0.39, 0.29) is 16.2 Å². The lowest BCUT2D eigenvalue weighted by atomic mass is 9.74. The van der Waals surface area contributed by atoms with Gasteiger partial charge in [-0.05, 0) is 98.3 Å². The third-order valence-corrected chi connectivity index (χ3v) is 9.74. The Morgan fingerprint density at radius 2 is 0.659 bits per heavy atom. The van der Waals surface area contributed by atoms with Gasteiger partial charge in [0.1, 0.15) is 0 Å². The number of benzene rings is 10. The zero-order valence-electron chi connectivity index (χ0n) is 22.2. The minimum Gasteiger partial charge on any atom is -0.478 e. The van der Waals surface area contributed by atoms with Gasteiger partial charge < -0.3 is 20.4 Å². The summed E-state index contributed by atoms with van der Waals surface area (Å²) in [5, 5.41) is 53.5. The summed E-state index contributed by atoms with van der Waals surface area (Å²) in [5.74, 6) is -6.41. The molecule has 44 heavy (non-hydrogen) atoms. The number of aromatic carboxylic acids is 4. The summed E-state index contributed by atoms with van der Waals surface area (Å²) in [6.45, 7) is 0. The lowest BCUT2D eigenvalue weighted by Gasteiger charge is -2.27. The predicted octanol–water partition coefficient (Wildman–Crippen LogP) is 8.05. The molecule has 10 aromatic rings. The lowest BCUT2D eigenvalue weighted by molar-refractivity contribution is 0.0649. The average molecular weight is 575 g/mol. The van der Waals surface area contributed by atoms with Crippen LogP contribution in [-0.2, 0) is 0 Å². The van der Waals surface area contributed by atoms with Gasteiger partial charge in [-0.15, -0.1) is 0 Å². The maximum absolute atomic E-state index is 13.0. The number of carboxylic acids is 4. The Kier molecular flexibility index (Phi) is 3.72. The summed E-state index contributed by atoms with van der Waals surface area (Å²) in [7, 11) is 0. The highest BCUT2D eigenvalue weighted by molar-refractivity contribution is 6.55. The van der Waals surface area contributed by atoms with Crippen LogP contribution in [0.3, 0.4) is 0 Å². The van der Waals surface area contributed by atoms with Crippen LogP contribution in [0.2, 0.25) is 0 Å². The molecule has 0 atom stereocenters. The van der Waals surface area contributed by atoms with E-state index in [4.69, 9.17) is 0 Å². The highest BCUT2D eigenvalue weighted by Crippen LogP contribution is 2.56. The van der Waals surface area contributed by atoms with E-state index in [1.165, 1.54) is 0 Å². The fourth-order valence-electron chi connectivity index (χ4n) is 8.40. The number of carbonyl (C=O) groups is 4. The van der Waals surface area contributed by atoms with E-state index in [9.17, 15) is 39.6 Å². The molecule has 206 valence electrons. The first kappa shape index (κ1) is 23.3. The molecule has 0 radical (unpaired) electrons. The van der Waals surface area contributed by atoms with Gasteiger partial charge in [-0.25, -0.2) is 19.2 Å². The van der Waals surface area contributed by atoms with Crippen molar-refractivity contribution in [2.24, 2.45) is 0 Å². The number of hydrogen-bond acceptors (Lipinski definition) is 4. The molecule has 0 amide bonds. The summed E-state index contributed by atoms with van der Waals surface area (Å²) in [6.07, 6.45) is 0. The van der Waals surface area contributed by atoms with Gasteiger partial charge in [0.2, 0.25) is 0 Å². The van der Waals surface area contributed by atoms with E-state index in [0.717, 1.165) is 53.9 Å². The third-order valence-electron chi connectivity index (χ3n) is 9.74. The van der Waals surface area contributed by atoms with E-state index >= 15 is 0 Å². The van der Waals surface area contributed by atoms with Crippen LogP contribution >= 0.6 is 0 Å². The second-order valence-electron chi connectivity index (χ2n) is 11.6. The zero-order chi connectivity index (χ0) is 30.1. The van der Waals surface area contributed by atoms with Crippen LogP contribution in [0.5, 0.6) is 0 Å². The van der Waals surface area contributed by atoms with Gasteiger partial charge in [-0.2, -0.15) is 0 Å². The molecular formula is C36H14O8. The van der Waals surface area contributed by atoms with Gasteiger partial charge in [0.25, 0.3) is 0 Å². The molecule has 0 aliphatic heterocycles. The molecule has 0 spiro atoms. The number of carboxylic acid groups (broad SMARTS) is 4. The molecular weight excluding hydrogens is 560 g/mol. The predicted molar refractivity (Wildman–Crippen MR) is 168 cm³/mol. The minimum atomic E-state index is -1.66. The first-order valence-electron chi connectivity index (χ1n) is 13.8. The van der Waals surface area contributed by atoms with Crippen LogP contribution in [-0.4, -0.2) is 44.3 Å². The first-order valence-corrected chi connectivity index (χ1v) is 13.8. The molecule has 4 N–H and O–H groups in total. The van der Waals surface area contributed by atoms with Crippen LogP contribution in [0.4, 0.5) is 0 Å². The molecule has 0 aliphatic carbocycles. The fourth-order valence-corrected chi connectivity index (χ4v) is 8.40. The van der Waals surface area contributed by atoms with Crippen LogP contribution in [0.1, 0.15) is 41.4 Å². The van der Waals surface area contributed by atoms with Crippen molar-refractivity contribution in [1.82, 2.24) is 0 Å². The molecule has 8 nitrogen and oxygen atoms in total. The largest absolute Gasteiger partial charge is 0.478 e. The van der Waals surface area contributed by atoms with Crippen LogP contribution < -0.4 is 0 Å². The number of rotatable bonds is 4. The average Bonchev–Trinajstić information content (AvgIpc) is 3.00. The first-order chi connectivity index (χ1) is 21.2. The van der Waals surface area contributed by atoms with Gasteiger partial charge in [-0.3, -0.25) is 0 Å². The molecule has 10 aromatic carbocycles. The van der Waals surface area contributed by atoms with Crippen molar-refractivity contribution in [3.8, 4) is 0 Å². The Bertz CT molecular complexity index is 2990. The highest BCUT2D eigenvalue weighted by Gasteiger charge is 2.36.